The first-order valence-electron chi connectivity index (χ1n) is 7.70. The van der Waals surface area contributed by atoms with Gasteiger partial charge in [0.05, 0.1) is 10.6 Å². The van der Waals surface area contributed by atoms with E-state index < -0.39 is 0 Å². The van der Waals surface area contributed by atoms with E-state index in [-0.39, 0.29) is 5.91 Å². The van der Waals surface area contributed by atoms with Crippen molar-refractivity contribution in [1.82, 2.24) is 0 Å². The first kappa shape index (κ1) is 15.9. The molecule has 1 saturated heterocycles. The summed E-state index contributed by atoms with van der Waals surface area (Å²) in [5, 5.41) is 0. The Balaban J connectivity index is 1.62. The topological polar surface area (TPSA) is 33.5 Å². The Morgan fingerprint density at radius 2 is 1.60 bits per heavy atom. The number of para-hydroxylation sites is 1. The highest BCUT2D eigenvalue weighted by molar-refractivity contribution is 8.27. The molecule has 122 valence electrons. The van der Waals surface area contributed by atoms with E-state index in [0.29, 0.717) is 15.0 Å². The van der Waals surface area contributed by atoms with Crippen molar-refractivity contribution in [1.29, 1.82) is 0 Å². The lowest BCUT2D eigenvalue weighted by atomic mass is 10.2. The van der Waals surface area contributed by atoms with Crippen molar-refractivity contribution in [2.75, 3.05) is 4.90 Å². The number of carbonyl (C=O) groups is 1. The molecule has 0 bridgehead atoms. The highest BCUT2D eigenvalue weighted by Gasteiger charge is 2.33. The zero-order valence-electron chi connectivity index (χ0n) is 13.1. The lowest BCUT2D eigenvalue weighted by molar-refractivity contribution is -0.113. The molecule has 4 rings (SSSR count). The van der Waals surface area contributed by atoms with E-state index in [9.17, 15) is 4.79 Å². The molecule has 1 fully saturated rings. The second kappa shape index (κ2) is 6.70. The number of carbonyl (C=O) groups excluding carboxylic acids is 1. The maximum Gasteiger partial charge on any atom is 0.270 e. The summed E-state index contributed by atoms with van der Waals surface area (Å²) < 4.78 is 6.38. The molecule has 1 amide bonds. The van der Waals surface area contributed by atoms with Crippen molar-refractivity contribution < 1.29 is 9.21 Å². The standard InChI is InChI=1S/C20H13NO2S2/c22-19-18(25-20(24)21(19)15-9-5-2-6-10-15)13-16-11-12-17(23-16)14-7-3-1-4-8-14/h1-13H/b18-13+. The van der Waals surface area contributed by atoms with Crippen molar-refractivity contribution in [2.45, 2.75) is 0 Å². The summed E-state index contributed by atoms with van der Waals surface area (Å²) in [4.78, 5) is 14.8. The molecule has 5 heteroatoms. The summed E-state index contributed by atoms with van der Waals surface area (Å²) in [7, 11) is 0. The molecule has 2 aromatic carbocycles. The minimum Gasteiger partial charge on any atom is -0.457 e. The van der Waals surface area contributed by atoms with Crippen molar-refractivity contribution in [3.05, 3.63) is 83.5 Å². The molecule has 1 aromatic heterocycles. The van der Waals surface area contributed by atoms with Crippen LogP contribution in [0.3, 0.4) is 0 Å². The van der Waals surface area contributed by atoms with Crippen molar-refractivity contribution in [3.8, 4) is 11.3 Å². The molecule has 1 aliphatic rings. The summed E-state index contributed by atoms with van der Waals surface area (Å²) in [6.07, 6.45) is 1.74. The van der Waals surface area contributed by atoms with E-state index in [0.717, 1.165) is 17.0 Å². The van der Waals surface area contributed by atoms with Crippen LogP contribution in [0.4, 0.5) is 5.69 Å². The fourth-order valence-electron chi connectivity index (χ4n) is 2.58. The Morgan fingerprint density at radius 3 is 2.32 bits per heavy atom. The van der Waals surface area contributed by atoms with Crippen LogP contribution < -0.4 is 4.90 Å². The number of amides is 1. The zero-order chi connectivity index (χ0) is 17.2. The number of benzene rings is 2. The second-order valence-electron chi connectivity index (χ2n) is 5.42. The average molecular weight is 363 g/mol. The molecule has 25 heavy (non-hydrogen) atoms. The van der Waals surface area contributed by atoms with Crippen LogP contribution in [-0.4, -0.2) is 10.2 Å². The number of thioether (sulfide) groups is 1. The molecule has 0 aliphatic carbocycles. The number of hydrogen-bond acceptors (Lipinski definition) is 4. The van der Waals surface area contributed by atoms with Crippen molar-refractivity contribution in [3.63, 3.8) is 0 Å². The van der Waals surface area contributed by atoms with Gasteiger partial charge in [0, 0.05) is 11.6 Å². The van der Waals surface area contributed by atoms with Crippen molar-refractivity contribution in [2.24, 2.45) is 0 Å². The molecule has 3 aromatic rings. The number of thiocarbonyl (C=S) groups is 1. The van der Waals surface area contributed by atoms with E-state index in [1.165, 1.54) is 11.8 Å². The number of rotatable bonds is 3. The highest BCUT2D eigenvalue weighted by Crippen LogP contribution is 2.36. The van der Waals surface area contributed by atoms with Crippen LogP contribution >= 0.6 is 24.0 Å². The molecular formula is C20H13NO2S2. The fraction of sp³-hybridized carbons (Fsp3) is 0. The molecule has 0 N–H and O–H groups in total. The highest BCUT2D eigenvalue weighted by atomic mass is 32.2. The molecule has 2 heterocycles. The smallest absolute Gasteiger partial charge is 0.270 e. The minimum atomic E-state index is -0.126. The zero-order valence-corrected chi connectivity index (χ0v) is 14.7. The SMILES string of the molecule is O=C1/C(=C\c2ccc(-c3ccccc3)o2)SC(=S)N1c1ccccc1. The lowest BCUT2D eigenvalue weighted by Gasteiger charge is -2.13. The molecule has 0 radical (unpaired) electrons. The van der Waals surface area contributed by atoms with Gasteiger partial charge in [-0.2, -0.15) is 0 Å². The van der Waals surface area contributed by atoms with Crippen LogP contribution in [0.5, 0.6) is 0 Å². The Morgan fingerprint density at radius 1 is 0.920 bits per heavy atom. The first-order chi connectivity index (χ1) is 12.2. The van der Waals surface area contributed by atoms with Gasteiger partial charge in [0.25, 0.3) is 5.91 Å². The Hall–Kier alpha value is -2.63. The van der Waals surface area contributed by atoms with Gasteiger partial charge in [-0.3, -0.25) is 9.69 Å². The third-order valence-corrected chi connectivity index (χ3v) is 5.07. The third-order valence-electron chi connectivity index (χ3n) is 3.77. The van der Waals surface area contributed by atoms with E-state index in [2.05, 4.69) is 0 Å². The Kier molecular flexibility index (Phi) is 4.26. The largest absolute Gasteiger partial charge is 0.457 e. The lowest BCUT2D eigenvalue weighted by Crippen LogP contribution is -2.27. The molecule has 0 saturated carbocycles. The van der Waals surface area contributed by atoms with Gasteiger partial charge < -0.3 is 4.42 Å². The van der Waals surface area contributed by atoms with Gasteiger partial charge >= 0.3 is 0 Å². The molecule has 3 nitrogen and oxygen atoms in total. The molecular weight excluding hydrogens is 350 g/mol. The van der Waals surface area contributed by atoms with Crippen molar-refractivity contribution >= 4 is 46.0 Å². The van der Waals surface area contributed by atoms with Gasteiger partial charge in [-0.25, -0.2) is 0 Å². The van der Waals surface area contributed by atoms with Crippen LogP contribution in [0, 0.1) is 0 Å². The molecule has 0 unspecified atom stereocenters. The van der Waals surface area contributed by atoms with Gasteiger partial charge in [0.15, 0.2) is 4.32 Å². The molecule has 1 aliphatic heterocycles. The minimum absolute atomic E-state index is 0.126. The van der Waals surface area contributed by atoms with Gasteiger partial charge in [-0.15, -0.1) is 0 Å². The first-order valence-corrected chi connectivity index (χ1v) is 8.93. The van der Waals surface area contributed by atoms with Crippen LogP contribution in [0.2, 0.25) is 0 Å². The van der Waals surface area contributed by atoms with Crippen LogP contribution in [0.25, 0.3) is 17.4 Å². The van der Waals surface area contributed by atoms with Gasteiger partial charge in [0.1, 0.15) is 11.5 Å². The monoisotopic (exact) mass is 363 g/mol. The van der Waals surface area contributed by atoms with Gasteiger partial charge in [-0.05, 0) is 24.3 Å². The quantitative estimate of drug-likeness (QED) is 0.464. The van der Waals surface area contributed by atoms with E-state index in [4.69, 9.17) is 16.6 Å². The number of furan rings is 1. The summed E-state index contributed by atoms with van der Waals surface area (Å²) >= 11 is 6.66. The predicted molar refractivity (Wildman–Crippen MR) is 106 cm³/mol. The maximum absolute atomic E-state index is 12.7. The third kappa shape index (κ3) is 3.16. The number of anilines is 1. The average Bonchev–Trinajstić information content (AvgIpc) is 3.22. The Bertz CT molecular complexity index is 962. The summed E-state index contributed by atoms with van der Waals surface area (Å²) in [5.74, 6) is 1.27. The number of nitrogens with zero attached hydrogens (tertiary/aromatic N) is 1. The molecule has 0 atom stereocenters. The second-order valence-corrected chi connectivity index (χ2v) is 7.10. The summed E-state index contributed by atoms with van der Waals surface area (Å²) in [6.45, 7) is 0. The fourth-order valence-corrected chi connectivity index (χ4v) is 3.86. The predicted octanol–water partition coefficient (Wildman–Crippen LogP) is 5.35. The van der Waals surface area contributed by atoms with E-state index in [1.807, 2.05) is 72.8 Å². The normalized spacial score (nSPS) is 16.0. The Labute approximate surface area is 155 Å². The van der Waals surface area contributed by atoms with Crippen LogP contribution in [0.1, 0.15) is 5.76 Å². The van der Waals surface area contributed by atoms with Gasteiger partial charge in [0.2, 0.25) is 0 Å². The number of hydrogen-bond donors (Lipinski definition) is 0. The van der Waals surface area contributed by atoms with Gasteiger partial charge in [-0.1, -0.05) is 72.5 Å². The van der Waals surface area contributed by atoms with E-state index in [1.54, 1.807) is 11.0 Å². The van der Waals surface area contributed by atoms with E-state index >= 15 is 0 Å². The van der Waals surface area contributed by atoms with Crippen LogP contribution in [0.15, 0.2) is 82.1 Å². The summed E-state index contributed by atoms with van der Waals surface area (Å²) in [5.41, 5.74) is 1.77. The van der Waals surface area contributed by atoms with Crippen LogP contribution in [-0.2, 0) is 4.79 Å². The summed E-state index contributed by atoms with van der Waals surface area (Å²) in [6, 6.07) is 23.0. The molecule has 0 spiro atoms. The maximum atomic E-state index is 12.7.